The molecule has 0 aliphatic rings. The zero-order valence-electron chi connectivity index (χ0n) is 9.46. The van der Waals surface area contributed by atoms with E-state index in [1.165, 1.54) is 18.6 Å². The maximum Gasteiger partial charge on any atom is 0.0653 e. The third-order valence-electron chi connectivity index (χ3n) is 2.37. The number of rotatable bonds is 5. The van der Waals surface area contributed by atoms with Gasteiger partial charge in [-0.1, -0.05) is 43.1 Å². The van der Waals surface area contributed by atoms with Crippen LogP contribution in [0.15, 0.2) is 29.3 Å². The summed E-state index contributed by atoms with van der Waals surface area (Å²) >= 11 is 6.04. The van der Waals surface area contributed by atoms with Gasteiger partial charge in [-0.25, -0.2) is 0 Å². The highest BCUT2D eigenvalue weighted by atomic mass is 35.5. The predicted molar refractivity (Wildman–Crippen MR) is 67.8 cm³/mol. The molecule has 0 fully saturated rings. The van der Waals surface area contributed by atoms with Gasteiger partial charge in [0.2, 0.25) is 0 Å². The second-order valence-corrected chi connectivity index (χ2v) is 4.15. The van der Waals surface area contributed by atoms with Crippen LogP contribution in [0.5, 0.6) is 0 Å². The van der Waals surface area contributed by atoms with E-state index >= 15 is 0 Å². The van der Waals surface area contributed by atoms with Crippen LogP contribution in [0.2, 0.25) is 5.02 Å². The van der Waals surface area contributed by atoms with Gasteiger partial charge in [0.15, 0.2) is 0 Å². The Labute approximate surface area is 97.2 Å². The van der Waals surface area contributed by atoms with Crippen molar-refractivity contribution >= 4 is 17.3 Å². The zero-order chi connectivity index (χ0) is 11.1. The van der Waals surface area contributed by atoms with E-state index in [0.29, 0.717) is 6.54 Å². The van der Waals surface area contributed by atoms with E-state index in [9.17, 15) is 0 Å². The summed E-state index contributed by atoms with van der Waals surface area (Å²) in [5.41, 5.74) is 2.33. The highest BCUT2D eigenvalue weighted by molar-refractivity contribution is 6.31. The average Bonchev–Trinajstić information content (AvgIpc) is 2.25. The second-order valence-electron chi connectivity index (χ2n) is 3.75. The fraction of sp³-hybridized carbons (Fsp3) is 0.462. The standard InChI is InChI=1S/C13H18ClN/c1-3-4-7-11(2)15-10-12-8-5-6-9-13(12)14/h5-6,8-9H,3-4,7,10H2,1-2H3. The molecule has 0 spiro atoms. The minimum absolute atomic E-state index is 0.704. The Morgan fingerprint density at radius 1 is 1.33 bits per heavy atom. The van der Waals surface area contributed by atoms with Gasteiger partial charge >= 0.3 is 0 Å². The van der Waals surface area contributed by atoms with Gasteiger partial charge in [0.1, 0.15) is 0 Å². The molecule has 15 heavy (non-hydrogen) atoms. The zero-order valence-corrected chi connectivity index (χ0v) is 10.2. The molecule has 0 radical (unpaired) electrons. The van der Waals surface area contributed by atoms with Crippen molar-refractivity contribution in [3.05, 3.63) is 34.9 Å². The number of aliphatic imine (C=N–C) groups is 1. The first-order chi connectivity index (χ1) is 7.24. The van der Waals surface area contributed by atoms with E-state index in [4.69, 9.17) is 11.6 Å². The van der Waals surface area contributed by atoms with Gasteiger partial charge in [-0.2, -0.15) is 0 Å². The van der Waals surface area contributed by atoms with Crippen LogP contribution in [0, 0.1) is 0 Å². The van der Waals surface area contributed by atoms with E-state index in [2.05, 4.69) is 18.8 Å². The molecule has 0 unspecified atom stereocenters. The van der Waals surface area contributed by atoms with E-state index in [-0.39, 0.29) is 0 Å². The van der Waals surface area contributed by atoms with E-state index in [1.54, 1.807) is 0 Å². The van der Waals surface area contributed by atoms with Crippen LogP contribution < -0.4 is 0 Å². The Kier molecular flexibility index (Phi) is 5.41. The lowest BCUT2D eigenvalue weighted by Crippen LogP contribution is -1.93. The fourth-order valence-corrected chi connectivity index (χ4v) is 1.55. The van der Waals surface area contributed by atoms with Crippen LogP contribution >= 0.6 is 11.6 Å². The molecule has 0 heterocycles. The molecule has 2 heteroatoms. The topological polar surface area (TPSA) is 12.4 Å². The van der Waals surface area contributed by atoms with Crippen molar-refractivity contribution < 1.29 is 0 Å². The number of hydrogen-bond donors (Lipinski definition) is 0. The van der Waals surface area contributed by atoms with Gasteiger partial charge in [0.05, 0.1) is 6.54 Å². The minimum atomic E-state index is 0.704. The van der Waals surface area contributed by atoms with Crippen molar-refractivity contribution in [2.24, 2.45) is 4.99 Å². The summed E-state index contributed by atoms with van der Waals surface area (Å²) in [5, 5.41) is 0.810. The van der Waals surface area contributed by atoms with Crippen molar-refractivity contribution in [1.29, 1.82) is 0 Å². The van der Waals surface area contributed by atoms with Gasteiger partial charge in [0.25, 0.3) is 0 Å². The Morgan fingerprint density at radius 2 is 2.07 bits per heavy atom. The lowest BCUT2D eigenvalue weighted by atomic mass is 10.2. The van der Waals surface area contributed by atoms with Crippen LogP contribution in [-0.4, -0.2) is 5.71 Å². The molecular formula is C13H18ClN. The van der Waals surface area contributed by atoms with Crippen molar-refractivity contribution in [2.45, 2.75) is 39.7 Å². The van der Waals surface area contributed by atoms with Crippen molar-refractivity contribution in [1.82, 2.24) is 0 Å². The maximum absolute atomic E-state index is 6.04. The number of benzene rings is 1. The van der Waals surface area contributed by atoms with Crippen LogP contribution in [0.25, 0.3) is 0 Å². The Hall–Kier alpha value is -0.820. The highest BCUT2D eigenvalue weighted by Gasteiger charge is 1.97. The van der Waals surface area contributed by atoms with E-state index in [0.717, 1.165) is 17.0 Å². The van der Waals surface area contributed by atoms with Crippen LogP contribution in [0.4, 0.5) is 0 Å². The summed E-state index contributed by atoms with van der Waals surface area (Å²) in [6.45, 7) is 4.99. The van der Waals surface area contributed by atoms with E-state index in [1.807, 2.05) is 24.3 Å². The molecule has 0 saturated carbocycles. The molecule has 0 atom stereocenters. The summed E-state index contributed by atoms with van der Waals surface area (Å²) in [4.78, 5) is 4.52. The van der Waals surface area contributed by atoms with Crippen molar-refractivity contribution in [2.75, 3.05) is 0 Å². The highest BCUT2D eigenvalue weighted by Crippen LogP contribution is 2.15. The number of unbranched alkanes of at least 4 members (excludes halogenated alkanes) is 1. The molecule has 0 saturated heterocycles. The van der Waals surface area contributed by atoms with Crippen molar-refractivity contribution in [3.63, 3.8) is 0 Å². The lowest BCUT2D eigenvalue weighted by molar-refractivity contribution is 0.828. The summed E-state index contributed by atoms with van der Waals surface area (Å²) < 4.78 is 0. The third-order valence-corrected chi connectivity index (χ3v) is 2.74. The molecule has 0 aliphatic carbocycles. The summed E-state index contributed by atoms with van der Waals surface area (Å²) in [5.74, 6) is 0. The predicted octanol–water partition coefficient (Wildman–Crippen LogP) is 4.49. The minimum Gasteiger partial charge on any atom is -0.290 e. The second kappa shape index (κ2) is 6.62. The fourth-order valence-electron chi connectivity index (χ4n) is 1.36. The first-order valence-corrected chi connectivity index (χ1v) is 5.85. The maximum atomic E-state index is 6.04. The molecule has 1 rings (SSSR count). The largest absolute Gasteiger partial charge is 0.290 e. The monoisotopic (exact) mass is 223 g/mol. The Morgan fingerprint density at radius 3 is 2.73 bits per heavy atom. The van der Waals surface area contributed by atoms with E-state index < -0.39 is 0 Å². The quantitative estimate of drug-likeness (QED) is 0.653. The Balaban J connectivity index is 2.52. The van der Waals surface area contributed by atoms with Gasteiger partial charge in [-0.05, 0) is 31.4 Å². The van der Waals surface area contributed by atoms with Gasteiger partial charge in [0, 0.05) is 10.7 Å². The molecule has 82 valence electrons. The average molecular weight is 224 g/mol. The SMILES string of the molecule is CCCCC(C)=NCc1ccccc1Cl. The molecule has 1 aromatic rings. The molecular weight excluding hydrogens is 206 g/mol. The van der Waals surface area contributed by atoms with Gasteiger partial charge in [-0.3, -0.25) is 4.99 Å². The van der Waals surface area contributed by atoms with Crippen LogP contribution in [-0.2, 0) is 6.54 Å². The third kappa shape index (κ3) is 4.48. The molecule has 0 aliphatic heterocycles. The van der Waals surface area contributed by atoms with Gasteiger partial charge < -0.3 is 0 Å². The summed E-state index contributed by atoms with van der Waals surface area (Å²) in [7, 11) is 0. The van der Waals surface area contributed by atoms with Crippen molar-refractivity contribution in [3.8, 4) is 0 Å². The first kappa shape index (κ1) is 12.3. The summed E-state index contributed by atoms with van der Waals surface area (Å²) in [6.07, 6.45) is 3.54. The lowest BCUT2D eigenvalue weighted by Gasteiger charge is -2.02. The number of halogens is 1. The summed E-state index contributed by atoms with van der Waals surface area (Å²) in [6, 6.07) is 7.88. The molecule has 0 amide bonds. The number of nitrogens with zero attached hydrogens (tertiary/aromatic N) is 1. The normalized spacial score (nSPS) is 11.8. The molecule has 0 bridgehead atoms. The Bertz CT molecular complexity index is 331. The molecule has 1 aromatic carbocycles. The smallest absolute Gasteiger partial charge is 0.0653 e. The molecule has 0 N–H and O–H groups in total. The van der Waals surface area contributed by atoms with Crippen LogP contribution in [0.1, 0.15) is 38.7 Å². The first-order valence-electron chi connectivity index (χ1n) is 5.47. The van der Waals surface area contributed by atoms with Crippen LogP contribution in [0.3, 0.4) is 0 Å². The molecule has 0 aromatic heterocycles. The number of hydrogen-bond acceptors (Lipinski definition) is 1. The van der Waals surface area contributed by atoms with Gasteiger partial charge in [-0.15, -0.1) is 0 Å². The molecule has 1 nitrogen and oxygen atoms in total.